The van der Waals surface area contributed by atoms with E-state index in [2.05, 4.69) is 15.3 Å². The Labute approximate surface area is 228 Å². The lowest BCUT2D eigenvalue weighted by Gasteiger charge is -2.13. The molecule has 0 bridgehead atoms. The summed E-state index contributed by atoms with van der Waals surface area (Å²) in [6.07, 6.45) is -4.71. The summed E-state index contributed by atoms with van der Waals surface area (Å²) in [6, 6.07) is 15.8. The minimum absolute atomic E-state index is 0.0178. The van der Waals surface area contributed by atoms with Crippen molar-refractivity contribution in [1.82, 2.24) is 24.4 Å². The van der Waals surface area contributed by atoms with Gasteiger partial charge in [0.2, 0.25) is 5.82 Å². The summed E-state index contributed by atoms with van der Waals surface area (Å²) < 4.78 is 69.1. The van der Waals surface area contributed by atoms with Crippen LogP contribution in [0.1, 0.15) is 40.1 Å². The highest BCUT2D eigenvalue weighted by atomic mass is 32.2. The number of aryl methyl sites for hydroxylation is 2. The number of alkyl halides is 3. The molecule has 0 fully saturated rings. The van der Waals surface area contributed by atoms with Crippen molar-refractivity contribution in [1.29, 1.82) is 0 Å². The van der Waals surface area contributed by atoms with Crippen molar-refractivity contribution in [2.45, 2.75) is 38.0 Å². The third-order valence-electron chi connectivity index (χ3n) is 6.91. The molecule has 0 aliphatic carbocycles. The van der Waals surface area contributed by atoms with Crippen molar-refractivity contribution >= 4 is 37.8 Å². The van der Waals surface area contributed by atoms with Crippen LogP contribution in [-0.2, 0) is 36.2 Å². The minimum Gasteiger partial charge on any atom is -0.348 e. The number of hydrogen-bond donors (Lipinski definition) is 1. The van der Waals surface area contributed by atoms with Gasteiger partial charge in [0.25, 0.3) is 5.91 Å². The maximum Gasteiger partial charge on any atom is 0.449 e. The van der Waals surface area contributed by atoms with Crippen LogP contribution in [-0.4, -0.2) is 39.2 Å². The van der Waals surface area contributed by atoms with Gasteiger partial charge < -0.3 is 14.5 Å². The predicted octanol–water partition coefficient (Wildman–Crippen LogP) is 5.02. The number of nitrogens with one attached hydrogen (secondary N) is 1. The largest absolute Gasteiger partial charge is 0.449 e. The van der Waals surface area contributed by atoms with E-state index in [4.69, 9.17) is 0 Å². The van der Waals surface area contributed by atoms with E-state index in [1.54, 1.807) is 31.2 Å². The van der Waals surface area contributed by atoms with E-state index in [1.165, 1.54) is 30.3 Å². The van der Waals surface area contributed by atoms with E-state index in [1.807, 2.05) is 24.6 Å². The van der Waals surface area contributed by atoms with Crippen molar-refractivity contribution in [2.75, 3.05) is 5.75 Å². The van der Waals surface area contributed by atoms with Gasteiger partial charge in [-0.05, 0) is 54.4 Å². The second-order valence-electron chi connectivity index (χ2n) is 9.46. The summed E-state index contributed by atoms with van der Waals surface area (Å²) in [6.45, 7) is 3.41. The molecule has 0 saturated carbocycles. The number of carbonyl (C=O) groups excluding carboxylic acids is 1. The zero-order valence-corrected chi connectivity index (χ0v) is 22.8. The van der Waals surface area contributed by atoms with E-state index in [0.29, 0.717) is 16.6 Å². The van der Waals surface area contributed by atoms with Gasteiger partial charge in [0.05, 0.1) is 39.3 Å². The first kappa shape index (κ1) is 27.4. The van der Waals surface area contributed by atoms with E-state index in [-0.39, 0.29) is 40.3 Å². The molecule has 0 unspecified atom stereocenters. The summed E-state index contributed by atoms with van der Waals surface area (Å²) in [5.41, 5.74) is 3.20. The molecule has 0 atom stereocenters. The Morgan fingerprint density at radius 1 is 1.00 bits per heavy atom. The van der Waals surface area contributed by atoms with Crippen LogP contribution < -0.4 is 5.32 Å². The molecule has 8 nitrogen and oxygen atoms in total. The second-order valence-corrected chi connectivity index (χ2v) is 11.7. The number of sulfone groups is 1. The molecular formula is C28H26F3N5O3S. The molecule has 12 heteroatoms. The Morgan fingerprint density at radius 3 is 2.40 bits per heavy atom. The van der Waals surface area contributed by atoms with Crippen LogP contribution in [0, 0.1) is 6.92 Å². The Bertz CT molecular complexity index is 1860. The van der Waals surface area contributed by atoms with Crippen molar-refractivity contribution in [3.8, 4) is 0 Å². The molecule has 1 amide bonds. The minimum atomic E-state index is -4.71. The smallest absolute Gasteiger partial charge is 0.348 e. The molecule has 208 valence electrons. The van der Waals surface area contributed by atoms with Gasteiger partial charge in [0, 0.05) is 19.2 Å². The van der Waals surface area contributed by atoms with Gasteiger partial charge in [0.15, 0.2) is 9.84 Å². The fourth-order valence-corrected chi connectivity index (χ4v) is 5.56. The van der Waals surface area contributed by atoms with Crippen LogP contribution in [0.15, 0.2) is 65.6 Å². The van der Waals surface area contributed by atoms with Crippen molar-refractivity contribution in [3.05, 3.63) is 89.0 Å². The lowest BCUT2D eigenvalue weighted by molar-refractivity contribution is -0.146. The Hall–Kier alpha value is -4.19. The lowest BCUT2D eigenvalue weighted by Crippen LogP contribution is -2.22. The summed E-state index contributed by atoms with van der Waals surface area (Å²) in [7, 11) is -1.52. The number of benzene rings is 3. The Morgan fingerprint density at radius 2 is 1.73 bits per heavy atom. The van der Waals surface area contributed by atoms with Crippen molar-refractivity contribution < 1.29 is 26.4 Å². The van der Waals surface area contributed by atoms with Crippen LogP contribution >= 0.6 is 0 Å². The average molecular weight is 570 g/mol. The molecule has 5 rings (SSSR count). The zero-order valence-electron chi connectivity index (χ0n) is 22.0. The number of hydrogen-bond acceptors (Lipinski definition) is 5. The SMILES string of the molecule is CCS(=O)(=O)c1ccc(CNC(=O)c2ccc3c(c2)nc(C(F)(F)F)n3Cc2cccc3nc(C)n(C)c23)cc1. The molecular weight excluding hydrogens is 543 g/mol. The maximum absolute atomic E-state index is 14.1. The van der Waals surface area contributed by atoms with Crippen molar-refractivity contribution in [2.24, 2.45) is 7.05 Å². The molecule has 2 heterocycles. The normalized spacial score (nSPS) is 12.3. The number of carbonyl (C=O) groups is 1. The van der Waals surface area contributed by atoms with Crippen LogP contribution in [0.2, 0.25) is 0 Å². The van der Waals surface area contributed by atoms with Gasteiger partial charge in [-0.25, -0.2) is 18.4 Å². The predicted molar refractivity (Wildman–Crippen MR) is 145 cm³/mol. The van der Waals surface area contributed by atoms with Crippen LogP contribution in [0.3, 0.4) is 0 Å². The number of para-hydroxylation sites is 1. The Balaban J connectivity index is 1.43. The van der Waals surface area contributed by atoms with Gasteiger partial charge in [-0.2, -0.15) is 13.2 Å². The molecule has 2 aromatic heterocycles. The van der Waals surface area contributed by atoms with E-state index < -0.39 is 27.7 Å². The van der Waals surface area contributed by atoms with Gasteiger partial charge in [-0.15, -0.1) is 0 Å². The number of rotatable bonds is 7. The first-order valence-electron chi connectivity index (χ1n) is 12.5. The molecule has 0 radical (unpaired) electrons. The molecule has 0 saturated heterocycles. The van der Waals surface area contributed by atoms with E-state index in [9.17, 15) is 26.4 Å². The highest BCUT2D eigenvalue weighted by molar-refractivity contribution is 7.91. The fraction of sp³-hybridized carbons (Fsp3) is 0.250. The van der Waals surface area contributed by atoms with Gasteiger partial charge >= 0.3 is 6.18 Å². The highest BCUT2D eigenvalue weighted by Gasteiger charge is 2.38. The third-order valence-corrected chi connectivity index (χ3v) is 8.66. The average Bonchev–Trinajstić information content (AvgIpc) is 3.44. The lowest BCUT2D eigenvalue weighted by atomic mass is 10.1. The quantitative estimate of drug-likeness (QED) is 0.297. The number of nitrogens with zero attached hydrogens (tertiary/aromatic N) is 4. The van der Waals surface area contributed by atoms with Gasteiger partial charge in [-0.1, -0.05) is 31.2 Å². The summed E-state index contributed by atoms with van der Waals surface area (Å²) >= 11 is 0. The molecule has 3 aromatic carbocycles. The maximum atomic E-state index is 14.1. The highest BCUT2D eigenvalue weighted by Crippen LogP contribution is 2.33. The zero-order chi connectivity index (χ0) is 28.8. The van der Waals surface area contributed by atoms with Crippen LogP contribution in [0.4, 0.5) is 13.2 Å². The number of amides is 1. The summed E-state index contributed by atoms with van der Waals surface area (Å²) in [5.74, 6) is -0.828. The molecule has 0 aliphatic heterocycles. The van der Waals surface area contributed by atoms with Gasteiger partial charge in [-0.3, -0.25) is 4.79 Å². The standard InChI is InChI=1S/C28H26F3N5O3S/c1-4-40(38,39)21-11-8-18(9-12-21)15-32-26(37)19-10-13-24-23(14-19)34-27(28(29,30)31)36(24)16-20-6-5-7-22-25(20)35(3)17(2)33-22/h5-14H,4,15-16H2,1-3H3,(H,32,37). The molecule has 5 aromatic rings. The third kappa shape index (κ3) is 5.06. The molecule has 40 heavy (non-hydrogen) atoms. The number of imidazole rings is 2. The van der Waals surface area contributed by atoms with E-state index >= 15 is 0 Å². The monoisotopic (exact) mass is 569 g/mol. The summed E-state index contributed by atoms with van der Waals surface area (Å²) in [4.78, 5) is 21.4. The summed E-state index contributed by atoms with van der Waals surface area (Å²) in [5, 5.41) is 2.72. The van der Waals surface area contributed by atoms with Crippen LogP contribution in [0.25, 0.3) is 22.1 Å². The topological polar surface area (TPSA) is 98.9 Å². The molecule has 1 N–H and O–H groups in total. The van der Waals surface area contributed by atoms with Gasteiger partial charge in [0.1, 0.15) is 5.82 Å². The molecule has 0 spiro atoms. The fourth-order valence-electron chi connectivity index (χ4n) is 4.68. The molecule has 0 aliphatic rings. The van der Waals surface area contributed by atoms with Crippen molar-refractivity contribution in [3.63, 3.8) is 0 Å². The number of aromatic nitrogens is 4. The Kier molecular flexibility index (Phi) is 6.90. The number of halogens is 3. The number of fused-ring (bicyclic) bond motifs is 2. The van der Waals surface area contributed by atoms with Crippen LogP contribution in [0.5, 0.6) is 0 Å². The second kappa shape index (κ2) is 10.1. The van der Waals surface area contributed by atoms with E-state index in [0.717, 1.165) is 15.9 Å². The first-order valence-corrected chi connectivity index (χ1v) is 14.1. The first-order chi connectivity index (χ1) is 18.9.